The maximum atomic E-state index is 11.9. The highest BCUT2D eigenvalue weighted by molar-refractivity contribution is 5.92. The molecular weight excluding hydrogens is 212 g/mol. The summed E-state index contributed by atoms with van der Waals surface area (Å²) in [6.45, 7) is 0. The molecule has 1 heterocycles. The van der Waals surface area contributed by atoms with Crippen LogP contribution in [0.4, 0.5) is 0 Å². The summed E-state index contributed by atoms with van der Waals surface area (Å²) < 4.78 is 5.61. The van der Waals surface area contributed by atoms with Gasteiger partial charge in [-0.15, -0.1) is 0 Å². The predicted octanol–water partition coefficient (Wildman–Crippen LogP) is 3.35. The van der Waals surface area contributed by atoms with Gasteiger partial charge in [0.25, 0.3) is 0 Å². The van der Waals surface area contributed by atoms with Crippen molar-refractivity contribution in [3.05, 3.63) is 35.4 Å². The van der Waals surface area contributed by atoms with Gasteiger partial charge in [0.15, 0.2) is 0 Å². The molecular formula is C15H18O2. The van der Waals surface area contributed by atoms with Gasteiger partial charge in [0.1, 0.15) is 6.10 Å². The Hall–Kier alpha value is -1.31. The summed E-state index contributed by atoms with van der Waals surface area (Å²) in [4.78, 5) is 11.9. The number of ether oxygens (including phenoxy) is 1. The first-order valence-electron chi connectivity index (χ1n) is 6.63. The number of rotatable bonds is 1. The molecule has 2 nitrogen and oxygen atoms in total. The molecule has 0 N–H and O–H groups in total. The van der Waals surface area contributed by atoms with E-state index in [9.17, 15) is 4.79 Å². The lowest BCUT2D eigenvalue weighted by Crippen LogP contribution is -2.34. The lowest BCUT2D eigenvalue weighted by atomic mass is 9.81. The molecule has 90 valence electrons. The monoisotopic (exact) mass is 230 g/mol. The SMILES string of the molecule is O=C1O[C@H](C2CCCCC2)Cc2ccccc21. The number of hydrogen-bond donors (Lipinski definition) is 0. The maximum absolute atomic E-state index is 11.9. The highest BCUT2D eigenvalue weighted by Gasteiger charge is 2.32. The van der Waals surface area contributed by atoms with E-state index in [0.717, 1.165) is 12.0 Å². The van der Waals surface area contributed by atoms with Crippen molar-refractivity contribution in [3.8, 4) is 0 Å². The van der Waals surface area contributed by atoms with Crippen LogP contribution in [0.15, 0.2) is 24.3 Å². The smallest absolute Gasteiger partial charge is 0.338 e. The Labute approximate surface area is 102 Å². The molecule has 1 saturated carbocycles. The summed E-state index contributed by atoms with van der Waals surface area (Å²) in [5.41, 5.74) is 1.93. The number of carbonyl (C=O) groups is 1. The van der Waals surface area contributed by atoms with Crippen LogP contribution in [-0.4, -0.2) is 12.1 Å². The molecule has 3 rings (SSSR count). The summed E-state index contributed by atoms with van der Waals surface area (Å²) in [5, 5.41) is 0. The molecule has 1 fully saturated rings. The Bertz CT molecular complexity index is 419. The Morgan fingerprint density at radius 3 is 2.65 bits per heavy atom. The lowest BCUT2D eigenvalue weighted by molar-refractivity contribution is 0.00276. The van der Waals surface area contributed by atoms with Crippen molar-refractivity contribution in [2.75, 3.05) is 0 Å². The number of cyclic esters (lactones) is 1. The second-order valence-electron chi connectivity index (χ2n) is 5.20. The van der Waals surface area contributed by atoms with Gasteiger partial charge >= 0.3 is 5.97 Å². The molecule has 1 atom stereocenters. The van der Waals surface area contributed by atoms with Crippen molar-refractivity contribution in [3.63, 3.8) is 0 Å². The molecule has 0 radical (unpaired) electrons. The third kappa shape index (κ3) is 2.08. The second kappa shape index (κ2) is 4.52. The van der Waals surface area contributed by atoms with Crippen LogP contribution in [0.3, 0.4) is 0 Å². The van der Waals surface area contributed by atoms with Gasteiger partial charge in [0.2, 0.25) is 0 Å². The van der Waals surface area contributed by atoms with Crippen LogP contribution in [0, 0.1) is 5.92 Å². The van der Waals surface area contributed by atoms with Crippen molar-refractivity contribution in [2.45, 2.75) is 44.6 Å². The van der Waals surface area contributed by atoms with E-state index in [4.69, 9.17) is 4.74 Å². The Morgan fingerprint density at radius 2 is 1.82 bits per heavy atom. The first-order valence-corrected chi connectivity index (χ1v) is 6.63. The van der Waals surface area contributed by atoms with Crippen molar-refractivity contribution in [1.82, 2.24) is 0 Å². The fourth-order valence-electron chi connectivity index (χ4n) is 3.13. The van der Waals surface area contributed by atoms with E-state index in [1.165, 1.54) is 37.7 Å². The molecule has 0 amide bonds. The van der Waals surface area contributed by atoms with E-state index in [-0.39, 0.29) is 12.1 Å². The first-order chi connectivity index (χ1) is 8.34. The van der Waals surface area contributed by atoms with E-state index in [0.29, 0.717) is 5.92 Å². The van der Waals surface area contributed by atoms with Crippen molar-refractivity contribution >= 4 is 5.97 Å². The van der Waals surface area contributed by atoms with Gasteiger partial charge in [0.05, 0.1) is 5.56 Å². The van der Waals surface area contributed by atoms with Gasteiger partial charge < -0.3 is 4.74 Å². The highest BCUT2D eigenvalue weighted by atomic mass is 16.5. The third-order valence-corrected chi connectivity index (χ3v) is 4.09. The fraction of sp³-hybridized carbons (Fsp3) is 0.533. The van der Waals surface area contributed by atoms with Gasteiger partial charge in [-0.1, -0.05) is 37.5 Å². The van der Waals surface area contributed by atoms with E-state index < -0.39 is 0 Å². The van der Waals surface area contributed by atoms with Gasteiger partial charge in [0, 0.05) is 6.42 Å². The van der Waals surface area contributed by atoms with Crippen molar-refractivity contribution < 1.29 is 9.53 Å². The molecule has 0 unspecified atom stereocenters. The van der Waals surface area contributed by atoms with Crippen LogP contribution in [0.5, 0.6) is 0 Å². The average molecular weight is 230 g/mol. The molecule has 1 aliphatic carbocycles. The molecule has 1 aromatic rings. The molecule has 0 saturated heterocycles. The van der Waals surface area contributed by atoms with Crippen LogP contribution in [0.2, 0.25) is 0 Å². The third-order valence-electron chi connectivity index (χ3n) is 4.09. The predicted molar refractivity (Wildman–Crippen MR) is 65.9 cm³/mol. The number of fused-ring (bicyclic) bond motifs is 1. The summed E-state index contributed by atoms with van der Waals surface area (Å²) in [6, 6.07) is 7.84. The molecule has 0 bridgehead atoms. The maximum Gasteiger partial charge on any atom is 0.338 e. The molecule has 1 aliphatic heterocycles. The minimum Gasteiger partial charge on any atom is -0.458 e. The van der Waals surface area contributed by atoms with E-state index in [2.05, 4.69) is 6.07 Å². The largest absolute Gasteiger partial charge is 0.458 e. The highest BCUT2D eigenvalue weighted by Crippen LogP contribution is 2.33. The van der Waals surface area contributed by atoms with E-state index in [1.807, 2.05) is 18.2 Å². The Balaban J connectivity index is 1.80. The summed E-state index contributed by atoms with van der Waals surface area (Å²) in [6.07, 6.45) is 7.40. The lowest BCUT2D eigenvalue weighted by Gasteiger charge is -2.33. The first kappa shape index (κ1) is 10.8. The Morgan fingerprint density at radius 1 is 1.06 bits per heavy atom. The van der Waals surface area contributed by atoms with Gasteiger partial charge in [-0.2, -0.15) is 0 Å². The quantitative estimate of drug-likeness (QED) is 0.691. The fourth-order valence-corrected chi connectivity index (χ4v) is 3.13. The molecule has 0 aromatic heterocycles. The standard InChI is InChI=1S/C15H18O2/c16-15-13-9-5-4-8-12(13)10-14(17-15)11-6-2-1-3-7-11/h4-5,8-9,11,14H,1-3,6-7,10H2/t14-/m0/s1. The van der Waals surface area contributed by atoms with Crippen molar-refractivity contribution in [2.24, 2.45) is 5.92 Å². The van der Waals surface area contributed by atoms with Crippen LogP contribution >= 0.6 is 0 Å². The number of benzene rings is 1. The summed E-state index contributed by atoms with van der Waals surface area (Å²) in [5.74, 6) is 0.462. The normalized spacial score (nSPS) is 25.2. The van der Waals surface area contributed by atoms with Gasteiger partial charge in [-0.25, -0.2) is 4.79 Å². The summed E-state index contributed by atoms with van der Waals surface area (Å²) in [7, 11) is 0. The number of esters is 1. The summed E-state index contributed by atoms with van der Waals surface area (Å²) >= 11 is 0. The topological polar surface area (TPSA) is 26.3 Å². The van der Waals surface area contributed by atoms with Gasteiger partial charge in [-0.05, 0) is 30.4 Å². The van der Waals surface area contributed by atoms with E-state index >= 15 is 0 Å². The molecule has 1 aromatic carbocycles. The van der Waals surface area contributed by atoms with Gasteiger partial charge in [-0.3, -0.25) is 0 Å². The van der Waals surface area contributed by atoms with Crippen LogP contribution in [0.25, 0.3) is 0 Å². The number of carbonyl (C=O) groups excluding carboxylic acids is 1. The zero-order valence-corrected chi connectivity index (χ0v) is 10.0. The average Bonchev–Trinajstić information content (AvgIpc) is 2.40. The molecule has 2 heteroatoms. The zero-order valence-electron chi connectivity index (χ0n) is 10.0. The van der Waals surface area contributed by atoms with Crippen LogP contribution in [0.1, 0.15) is 48.0 Å². The minimum absolute atomic E-state index is 0.123. The molecule has 2 aliphatic rings. The Kier molecular flexibility index (Phi) is 2.87. The molecule has 0 spiro atoms. The van der Waals surface area contributed by atoms with Crippen LogP contribution < -0.4 is 0 Å². The molecule has 17 heavy (non-hydrogen) atoms. The zero-order chi connectivity index (χ0) is 11.7. The second-order valence-corrected chi connectivity index (χ2v) is 5.20. The minimum atomic E-state index is -0.123. The van der Waals surface area contributed by atoms with Crippen LogP contribution in [-0.2, 0) is 11.2 Å². The van der Waals surface area contributed by atoms with Crippen molar-refractivity contribution in [1.29, 1.82) is 0 Å². The van der Waals surface area contributed by atoms with E-state index in [1.54, 1.807) is 0 Å². The number of hydrogen-bond acceptors (Lipinski definition) is 2.